The molecule has 2 rings (SSSR count). The molecule has 1 aromatic carbocycles. The molecule has 0 amide bonds. The van der Waals surface area contributed by atoms with Crippen molar-refractivity contribution in [3.05, 3.63) is 23.8 Å². The van der Waals surface area contributed by atoms with E-state index in [4.69, 9.17) is 4.74 Å². The van der Waals surface area contributed by atoms with Crippen LogP contribution in [-0.2, 0) is 0 Å². The van der Waals surface area contributed by atoms with Gasteiger partial charge in [-0.3, -0.25) is 9.79 Å². The van der Waals surface area contributed by atoms with Crippen molar-refractivity contribution in [2.75, 3.05) is 13.2 Å². The average Bonchev–Trinajstić information content (AvgIpc) is 2.67. The van der Waals surface area contributed by atoms with E-state index in [1.807, 2.05) is 25.1 Å². The molecule has 0 bridgehead atoms. The summed E-state index contributed by atoms with van der Waals surface area (Å²) in [5.74, 6) is 1.41. The largest absolute Gasteiger partial charge is 0.494 e. The zero-order valence-corrected chi connectivity index (χ0v) is 12.4. The van der Waals surface area contributed by atoms with Gasteiger partial charge in [-0.1, -0.05) is 13.8 Å². The Labute approximate surface area is 118 Å². The second-order valence-corrected chi connectivity index (χ2v) is 6.09. The third kappa shape index (κ3) is 3.38. The van der Waals surface area contributed by atoms with Gasteiger partial charge in [-0.2, -0.15) is 0 Å². The molecule has 0 N–H and O–H groups in total. The Morgan fingerprint density at radius 2 is 2.26 bits per heavy atom. The van der Waals surface area contributed by atoms with Crippen LogP contribution >= 0.6 is 11.8 Å². The molecule has 102 valence electrons. The van der Waals surface area contributed by atoms with Crippen LogP contribution in [0, 0.1) is 5.92 Å². The maximum absolute atomic E-state index is 12.3. The summed E-state index contributed by atoms with van der Waals surface area (Å²) in [4.78, 5) is 17.6. The Morgan fingerprint density at radius 3 is 2.95 bits per heavy atom. The van der Waals surface area contributed by atoms with Crippen LogP contribution in [0.2, 0.25) is 0 Å². The van der Waals surface area contributed by atoms with E-state index in [9.17, 15) is 4.79 Å². The van der Waals surface area contributed by atoms with Gasteiger partial charge in [0.25, 0.3) is 0 Å². The van der Waals surface area contributed by atoms with E-state index >= 15 is 0 Å². The Hall–Kier alpha value is -1.29. The normalized spacial score (nSPS) is 18.3. The molecule has 4 heteroatoms. The first-order valence-corrected chi connectivity index (χ1v) is 7.47. The fourth-order valence-electron chi connectivity index (χ4n) is 1.87. The van der Waals surface area contributed by atoms with Crippen molar-refractivity contribution >= 4 is 23.8 Å². The van der Waals surface area contributed by atoms with Gasteiger partial charge in [0, 0.05) is 23.2 Å². The highest BCUT2D eigenvalue weighted by atomic mass is 32.2. The summed E-state index contributed by atoms with van der Waals surface area (Å²) in [6.45, 7) is 7.55. The van der Waals surface area contributed by atoms with E-state index in [2.05, 4.69) is 18.8 Å². The summed E-state index contributed by atoms with van der Waals surface area (Å²) in [5.41, 5.74) is 0.761. The van der Waals surface area contributed by atoms with Crippen molar-refractivity contribution in [3.8, 4) is 5.75 Å². The molecule has 0 aromatic heterocycles. The number of aliphatic imine (C=N–C) groups is 1. The molecule has 0 spiro atoms. The summed E-state index contributed by atoms with van der Waals surface area (Å²) < 4.78 is 5.43. The molecule has 1 heterocycles. The average molecular weight is 277 g/mol. The maximum Gasteiger partial charge on any atom is 0.182 e. The number of fused-ring (bicyclic) bond motifs is 1. The van der Waals surface area contributed by atoms with Crippen LogP contribution in [0.25, 0.3) is 0 Å². The molecule has 0 aliphatic carbocycles. The standard InChI is InChI=1S/C15H19NO2S/c1-4-18-11-5-6-13-12(7-11)15(17)14(19-13)9-16-8-10(2)3/h5-7,9-10,14H,4,8H2,1-3H3/t14-/m0/s1. The smallest absolute Gasteiger partial charge is 0.182 e. The number of nitrogens with zero attached hydrogens (tertiary/aromatic N) is 1. The molecule has 0 fully saturated rings. The molecule has 3 nitrogen and oxygen atoms in total. The summed E-state index contributed by atoms with van der Waals surface area (Å²) in [6.07, 6.45) is 1.79. The van der Waals surface area contributed by atoms with Crippen molar-refractivity contribution in [2.45, 2.75) is 30.9 Å². The molecule has 0 unspecified atom stereocenters. The van der Waals surface area contributed by atoms with E-state index in [1.54, 1.807) is 18.0 Å². The number of rotatable bonds is 5. The van der Waals surface area contributed by atoms with Crippen LogP contribution in [0.1, 0.15) is 31.1 Å². The maximum atomic E-state index is 12.3. The minimum absolute atomic E-state index is 0.133. The van der Waals surface area contributed by atoms with Crippen LogP contribution in [0.5, 0.6) is 5.75 Å². The first-order valence-electron chi connectivity index (χ1n) is 6.59. The summed E-state index contributed by atoms with van der Waals surface area (Å²) in [5, 5.41) is -0.175. The molecular formula is C15H19NO2S. The van der Waals surface area contributed by atoms with Crippen LogP contribution in [-0.4, -0.2) is 30.4 Å². The quantitative estimate of drug-likeness (QED) is 0.774. The van der Waals surface area contributed by atoms with E-state index in [0.29, 0.717) is 12.5 Å². The Kier molecular flexibility index (Phi) is 4.64. The number of ether oxygens (including phenoxy) is 1. The number of benzene rings is 1. The van der Waals surface area contributed by atoms with Crippen LogP contribution in [0.3, 0.4) is 0 Å². The fourth-order valence-corrected chi connectivity index (χ4v) is 2.96. The first-order chi connectivity index (χ1) is 9.11. The lowest BCUT2D eigenvalue weighted by atomic mass is 10.1. The molecule has 0 saturated carbocycles. The molecule has 1 aromatic rings. The zero-order chi connectivity index (χ0) is 13.8. The number of carbonyl (C=O) groups is 1. The van der Waals surface area contributed by atoms with Gasteiger partial charge < -0.3 is 4.74 Å². The van der Waals surface area contributed by atoms with Crippen molar-refractivity contribution in [1.82, 2.24) is 0 Å². The highest BCUT2D eigenvalue weighted by Gasteiger charge is 2.30. The number of thioether (sulfide) groups is 1. The van der Waals surface area contributed by atoms with Gasteiger partial charge >= 0.3 is 0 Å². The minimum atomic E-state index is -0.175. The van der Waals surface area contributed by atoms with Crippen molar-refractivity contribution < 1.29 is 9.53 Å². The van der Waals surface area contributed by atoms with Gasteiger partial charge in [-0.05, 0) is 31.0 Å². The van der Waals surface area contributed by atoms with Crippen molar-refractivity contribution in [2.24, 2.45) is 10.9 Å². The molecule has 1 aliphatic heterocycles. The SMILES string of the molecule is CCOc1ccc2c(c1)C(=O)[C@H](C=NCC(C)C)S2. The molecule has 1 atom stereocenters. The fraction of sp³-hybridized carbons (Fsp3) is 0.467. The molecule has 1 aliphatic rings. The minimum Gasteiger partial charge on any atom is -0.494 e. The van der Waals surface area contributed by atoms with E-state index in [1.165, 1.54) is 0 Å². The number of carbonyl (C=O) groups excluding carboxylic acids is 1. The third-order valence-corrected chi connectivity index (χ3v) is 3.95. The van der Waals surface area contributed by atoms with Gasteiger partial charge in [0.15, 0.2) is 5.78 Å². The van der Waals surface area contributed by atoms with Gasteiger partial charge in [0.2, 0.25) is 0 Å². The lowest BCUT2D eigenvalue weighted by Gasteiger charge is -2.03. The highest BCUT2D eigenvalue weighted by molar-refractivity contribution is 8.02. The second kappa shape index (κ2) is 6.24. The first kappa shape index (κ1) is 14.1. The van der Waals surface area contributed by atoms with Crippen LogP contribution < -0.4 is 4.74 Å². The predicted molar refractivity (Wildman–Crippen MR) is 79.8 cm³/mol. The van der Waals surface area contributed by atoms with Crippen LogP contribution in [0.15, 0.2) is 28.1 Å². The van der Waals surface area contributed by atoms with Gasteiger partial charge in [0.1, 0.15) is 11.0 Å². The highest BCUT2D eigenvalue weighted by Crippen LogP contribution is 2.38. The Balaban J connectivity index is 2.10. The molecule has 19 heavy (non-hydrogen) atoms. The predicted octanol–water partition coefficient (Wildman–Crippen LogP) is 3.47. The zero-order valence-electron chi connectivity index (χ0n) is 11.6. The number of hydrogen-bond donors (Lipinski definition) is 0. The Bertz CT molecular complexity index is 497. The van der Waals surface area contributed by atoms with Gasteiger partial charge in [0.05, 0.1) is 6.61 Å². The van der Waals surface area contributed by atoms with Gasteiger partial charge in [-0.25, -0.2) is 0 Å². The lowest BCUT2D eigenvalue weighted by Crippen LogP contribution is -2.13. The van der Waals surface area contributed by atoms with Crippen molar-refractivity contribution in [1.29, 1.82) is 0 Å². The lowest BCUT2D eigenvalue weighted by molar-refractivity contribution is 0.101. The topological polar surface area (TPSA) is 38.7 Å². The third-order valence-electron chi connectivity index (χ3n) is 2.75. The van der Waals surface area contributed by atoms with E-state index < -0.39 is 0 Å². The summed E-state index contributed by atoms with van der Waals surface area (Å²) in [6, 6.07) is 5.71. The Morgan fingerprint density at radius 1 is 1.47 bits per heavy atom. The number of ketones is 1. The van der Waals surface area contributed by atoms with E-state index in [0.717, 1.165) is 22.8 Å². The van der Waals surface area contributed by atoms with E-state index in [-0.39, 0.29) is 11.0 Å². The molecule has 0 saturated heterocycles. The number of Topliss-reactive ketones (excluding diaryl/α,β-unsaturated/α-hetero) is 1. The second-order valence-electron chi connectivity index (χ2n) is 4.90. The summed E-state index contributed by atoms with van der Waals surface area (Å²) >= 11 is 1.57. The van der Waals surface area contributed by atoms with Gasteiger partial charge in [-0.15, -0.1) is 11.8 Å². The number of hydrogen-bond acceptors (Lipinski definition) is 4. The monoisotopic (exact) mass is 277 g/mol. The molecular weight excluding hydrogens is 258 g/mol. The summed E-state index contributed by atoms with van der Waals surface area (Å²) in [7, 11) is 0. The van der Waals surface area contributed by atoms with Crippen molar-refractivity contribution in [3.63, 3.8) is 0 Å². The van der Waals surface area contributed by atoms with Crippen LogP contribution in [0.4, 0.5) is 0 Å². The molecule has 0 radical (unpaired) electrons.